The van der Waals surface area contributed by atoms with Crippen LogP contribution >= 0.6 is 11.3 Å². The predicted molar refractivity (Wildman–Crippen MR) is 64.6 cm³/mol. The highest BCUT2D eigenvalue weighted by Gasteiger charge is 2.27. The molecule has 1 rings (SSSR count). The number of hydrogen-bond donors (Lipinski definition) is 2. The Balaban J connectivity index is 3.10. The van der Waals surface area contributed by atoms with Crippen LogP contribution < -0.4 is 10.5 Å². The molecule has 100 valence electrons. The Bertz CT molecular complexity index is 563. The lowest BCUT2D eigenvalue weighted by Crippen LogP contribution is -2.42. The topological polar surface area (TPSA) is 116 Å². The van der Waals surface area contributed by atoms with Gasteiger partial charge in [0.15, 0.2) is 0 Å². The van der Waals surface area contributed by atoms with Crippen LogP contribution in [0.15, 0.2) is 16.3 Å². The summed E-state index contributed by atoms with van der Waals surface area (Å²) in [4.78, 5) is 21.9. The molecule has 0 aromatic carbocycles. The number of methoxy groups -OCH3 is 1. The van der Waals surface area contributed by atoms with Crippen molar-refractivity contribution >= 4 is 33.2 Å². The number of esters is 1. The van der Waals surface area contributed by atoms with Crippen molar-refractivity contribution < 1.29 is 22.7 Å². The summed E-state index contributed by atoms with van der Waals surface area (Å²) in [5, 5.41) is 1.44. The third kappa shape index (κ3) is 3.06. The van der Waals surface area contributed by atoms with E-state index in [1.54, 1.807) is 0 Å². The van der Waals surface area contributed by atoms with E-state index in [0.717, 1.165) is 18.4 Å². The van der Waals surface area contributed by atoms with E-state index in [-0.39, 0.29) is 9.77 Å². The quantitative estimate of drug-likeness (QED) is 0.722. The van der Waals surface area contributed by atoms with Gasteiger partial charge in [-0.05, 0) is 18.4 Å². The van der Waals surface area contributed by atoms with Gasteiger partial charge in [-0.3, -0.25) is 4.79 Å². The number of ether oxygens (including phenoxy) is 1. The number of nitrogens with one attached hydrogen (secondary N) is 1. The van der Waals surface area contributed by atoms with Crippen molar-refractivity contribution in [2.45, 2.75) is 17.9 Å². The minimum absolute atomic E-state index is 0.0540. The van der Waals surface area contributed by atoms with Crippen LogP contribution in [0.4, 0.5) is 0 Å². The highest BCUT2D eigenvalue weighted by atomic mass is 32.2. The van der Waals surface area contributed by atoms with E-state index >= 15 is 0 Å². The second kappa shape index (κ2) is 5.46. The first-order chi connectivity index (χ1) is 8.29. The molecule has 0 spiro atoms. The molecule has 0 aliphatic rings. The Morgan fingerprint density at radius 3 is 2.61 bits per heavy atom. The summed E-state index contributed by atoms with van der Waals surface area (Å²) < 4.78 is 30.4. The Morgan fingerprint density at radius 2 is 2.11 bits per heavy atom. The van der Waals surface area contributed by atoms with Gasteiger partial charge in [-0.25, -0.2) is 13.2 Å². The number of rotatable bonds is 5. The van der Waals surface area contributed by atoms with Crippen LogP contribution in [0.25, 0.3) is 0 Å². The molecular formula is C9H12N2O5S2. The molecule has 18 heavy (non-hydrogen) atoms. The fraction of sp³-hybridized carbons (Fsp3) is 0.333. The monoisotopic (exact) mass is 292 g/mol. The van der Waals surface area contributed by atoms with Gasteiger partial charge in [-0.1, -0.05) is 0 Å². The number of carbonyl (C=O) groups excluding carboxylic acids is 2. The number of thiophene rings is 1. The molecule has 1 aromatic heterocycles. The number of primary amides is 1. The summed E-state index contributed by atoms with van der Waals surface area (Å²) in [6, 6.07) is 0.188. The molecule has 0 radical (unpaired) electrons. The zero-order chi connectivity index (χ0) is 13.9. The molecule has 9 heteroatoms. The molecule has 0 bridgehead atoms. The number of carbonyl (C=O) groups is 2. The fourth-order valence-corrected chi connectivity index (χ4v) is 3.65. The Morgan fingerprint density at radius 1 is 1.50 bits per heavy atom. The van der Waals surface area contributed by atoms with Crippen LogP contribution in [0.2, 0.25) is 0 Å². The van der Waals surface area contributed by atoms with Crippen LogP contribution in [-0.2, 0) is 19.6 Å². The minimum atomic E-state index is -3.99. The lowest BCUT2D eigenvalue weighted by molar-refractivity contribution is -0.119. The smallest absolute Gasteiger partial charge is 0.349 e. The molecule has 0 saturated heterocycles. The van der Waals surface area contributed by atoms with E-state index in [9.17, 15) is 18.0 Å². The molecular weight excluding hydrogens is 280 g/mol. The SMILES string of the molecule is COC(=O)c1sccc1S(=O)(=O)N[C@@H](C)C(N)=O. The molecule has 1 atom stereocenters. The largest absolute Gasteiger partial charge is 0.465 e. The summed E-state index contributed by atoms with van der Waals surface area (Å²) in [7, 11) is -2.84. The molecule has 7 nitrogen and oxygen atoms in total. The van der Waals surface area contributed by atoms with Gasteiger partial charge in [0.25, 0.3) is 0 Å². The summed E-state index contributed by atoms with van der Waals surface area (Å²) >= 11 is 0.935. The van der Waals surface area contributed by atoms with Crippen LogP contribution in [0.1, 0.15) is 16.6 Å². The van der Waals surface area contributed by atoms with Gasteiger partial charge in [-0.15, -0.1) is 11.3 Å². The third-order valence-electron chi connectivity index (χ3n) is 2.05. The molecule has 0 saturated carbocycles. The van der Waals surface area contributed by atoms with E-state index in [2.05, 4.69) is 9.46 Å². The first-order valence-corrected chi connectivity index (χ1v) is 7.13. The maximum Gasteiger partial charge on any atom is 0.349 e. The molecule has 1 amide bonds. The summed E-state index contributed by atoms with van der Waals surface area (Å²) in [6.07, 6.45) is 0. The maximum atomic E-state index is 11.9. The fourth-order valence-electron chi connectivity index (χ4n) is 1.10. The van der Waals surface area contributed by atoms with Crippen LogP contribution in [0.5, 0.6) is 0 Å². The van der Waals surface area contributed by atoms with Gasteiger partial charge in [-0.2, -0.15) is 4.72 Å². The van der Waals surface area contributed by atoms with E-state index < -0.39 is 27.9 Å². The second-order valence-corrected chi connectivity index (χ2v) is 5.95. The third-order valence-corrected chi connectivity index (χ3v) is 4.65. The van der Waals surface area contributed by atoms with Gasteiger partial charge in [0.1, 0.15) is 9.77 Å². The van der Waals surface area contributed by atoms with Crippen molar-refractivity contribution in [2.75, 3.05) is 7.11 Å². The van der Waals surface area contributed by atoms with Crippen molar-refractivity contribution in [3.05, 3.63) is 16.3 Å². The molecule has 0 aliphatic heterocycles. The van der Waals surface area contributed by atoms with Gasteiger partial charge < -0.3 is 10.5 Å². The molecule has 0 fully saturated rings. The number of sulfonamides is 1. The molecule has 3 N–H and O–H groups in total. The van der Waals surface area contributed by atoms with Crippen molar-refractivity contribution in [3.8, 4) is 0 Å². The lowest BCUT2D eigenvalue weighted by atomic mass is 10.4. The minimum Gasteiger partial charge on any atom is -0.465 e. The predicted octanol–water partition coefficient (Wildman–Crippen LogP) is -0.313. The Kier molecular flexibility index (Phi) is 4.43. The zero-order valence-corrected chi connectivity index (χ0v) is 11.3. The van der Waals surface area contributed by atoms with E-state index in [4.69, 9.17) is 5.73 Å². The van der Waals surface area contributed by atoms with Crippen molar-refractivity contribution in [3.63, 3.8) is 0 Å². The standard InChI is InChI=1S/C9H12N2O5S2/c1-5(8(10)12)11-18(14,15)6-3-4-17-7(6)9(13)16-2/h3-5,11H,1-2H3,(H2,10,12)/t5-/m0/s1. The van der Waals surface area contributed by atoms with E-state index in [0.29, 0.717) is 0 Å². The average molecular weight is 292 g/mol. The average Bonchev–Trinajstić information content (AvgIpc) is 2.76. The first-order valence-electron chi connectivity index (χ1n) is 4.77. The zero-order valence-electron chi connectivity index (χ0n) is 9.67. The second-order valence-electron chi connectivity index (χ2n) is 3.35. The highest BCUT2D eigenvalue weighted by molar-refractivity contribution is 7.89. The van der Waals surface area contributed by atoms with Gasteiger partial charge in [0, 0.05) is 0 Å². The van der Waals surface area contributed by atoms with Crippen molar-refractivity contribution in [1.29, 1.82) is 0 Å². The lowest BCUT2D eigenvalue weighted by Gasteiger charge is -2.10. The van der Waals surface area contributed by atoms with E-state index in [1.165, 1.54) is 18.4 Å². The van der Waals surface area contributed by atoms with Gasteiger partial charge >= 0.3 is 5.97 Å². The summed E-state index contributed by atoms with van der Waals surface area (Å²) in [5.41, 5.74) is 4.97. The summed E-state index contributed by atoms with van der Waals surface area (Å²) in [6.45, 7) is 1.31. The van der Waals surface area contributed by atoms with Crippen molar-refractivity contribution in [2.24, 2.45) is 5.73 Å². The molecule has 0 aliphatic carbocycles. The van der Waals surface area contributed by atoms with Crippen LogP contribution in [0, 0.1) is 0 Å². The van der Waals surface area contributed by atoms with Gasteiger partial charge in [0.2, 0.25) is 15.9 Å². The number of hydrogen-bond acceptors (Lipinski definition) is 6. The Hall–Kier alpha value is -1.45. The van der Waals surface area contributed by atoms with Crippen LogP contribution in [0.3, 0.4) is 0 Å². The molecule has 1 heterocycles. The molecule has 1 aromatic rings. The van der Waals surface area contributed by atoms with Crippen LogP contribution in [-0.4, -0.2) is 33.4 Å². The highest BCUT2D eigenvalue weighted by Crippen LogP contribution is 2.22. The van der Waals surface area contributed by atoms with E-state index in [1.807, 2.05) is 0 Å². The number of nitrogens with two attached hydrogens (primary N) is 1. The number of amides is 1. The van der Waals surface area contributed by atoms with Gasteiger partial charge in [0.05, 0.1) is 13.2 Å². The molecule has 0 unspecified atom stereocenters. The van der Waals surface area contributed by atoms with Crippen molar-refractivity contribution in [1.82, 2.24) is 4.72 Å². The Labute approximate surface area is 108 Å². The first kappa shape index (κ1) is 14.6. The maximum absolute atomic E-state index is 11.9. The normalized spacial score (nSPS) is 13.0. The summed E-state index contributed by atoms with van der Waals surface area (Å²) in [5.74, 6) is -1.56.